The van der Waals surface area contributed by atoms with Gasteiger partial charge in [-0.3, -0.25) is 24.0 Å². The Morgan fingerprint density at radius 2 is 0.867 bits per heavy atom. The third-order valence-electron chi connectivity index (χ3n) is 14.4. The van der Waals surface area contributed by atoms with Gasteiger partial charge in [0.1, 0.15) is 99.3 Å². The average Bonchev–Trinajstić information content (AvgIpc) is 0.743. The Kier molecular flexibility index (Phi) is 28.9. The largest absolute Gasteiger partial charge is 0.508 e. The zero-order valence-corrected chi connectivity index (χ0v) is 56.1. The maximum atomic E-state index is 15.5. The summed E-state index contributed by atoms with van der Waals surface area (Å²) in [5, 5.41) is 9.04. The van der Waals surface area contributed by atoms with E-state index in [1.165, 1.54) is 76.7 Å². The van der Waals surface area contributed by atoms with Crippen molar-refractivity contribution in [2.24, 2.45) is 0 Å². The van der Waals surface area contributed by atoms with Crippen molar-refractivity contribution < 1.29 is 109 Å². The van der Waals surface area contributed by atoms with E-state index in [2.05, 4.69) is 9.47 Å². The number of carbonyl (C=O) groups is 7. The Morgan fingerprint density at radius 1 is 0.449 bits per heavy atom. The van der Waals surface area contributed by atoms with Gasteiger partial charge in [-0.2, -0.15) is 0 Å². The Morgan fingerprint density at radius 3 is 1.29 bits per heavy atom. The number of para-hydroxylation sites is 4. The zero-order chi connectivity index (χ0) is 71.4. The first-order chi connectivity index (χ1) is 47.0. The van der Waals surface area contributed by atoms with E-state index in [0.717, 1.165) is 5.69 Å². The number of fused-ring (bicyclic) bond motifs is 2. The molecule has 7 aromatic rings. The molecule has 8 rings (SSSR count). The molecule has 0 saturated carbocycles. The molecule has 0 aliphatic carbocycles. The number of anilines is 4. The van der Waals surface area contributed by atoms with Crippen LogP contribution >= 0.6 is 0 Å². The van der Waals surface area contributed by atoms with Crippen molar-refractivity contribution in [3.05, 3.63) is 173 Å². The molecule has 1 unspecified atom stereocenters. The number of aromatic hydroxyl groups is 1. The molecule has 0 saturated heterocycles. The molecule has 25 nitrogen and oxygen atoms in total. The number of aldehydes is 1. The Bertz CT molecular complexity index is 3850. The van der Waals surface area contributed by atoms with Crippen molar-refractivity contribution in [2.75, 3.05) is 156 Å². The highest BCUT2D eigenvalue weighted by atomic mass is 19.1. The van der Waals surface area contributed by atoms with E-state index >= 15 is 8.78 Å². The van der Waals surface area contributed by atoms with Gasteiger partial charge in [0.2, 0.25) is 0 Å². The highest BCUT2D eigenvalue weighted by molar-refractivity contribution is 5.85. The van der Waals surface area contributed by atoms with Gasteiger partial charge in [-0.15, -0.1) is 0 Å². The molecule has 0 spiro atoms. The summed E-state index contributed by atoms with van der Waals surface area (Å²) >= 11 is 0. The molecule has 1 atom stereocenters. The molecule has 27 heteroatoms. The predicted octanol–water partition coefficient (Wildman–Crippen LogP) is 8.91. The van der Waals surface area contributed by atoms with Crippen molar-refractivity contribution in [1.29, 1.82) is 0 Å². The summed E-state index contributed by atoms with van der Waals surface area (Å²) < 4.78 is 100. The van der Waals surface area contributed by atoms with Gasteiger partial charge in [0.15, 0.2) is 36.2 Å². The van der Waals surface area contributed by atoms with Crippen LogP contribution in [0.3, 0.4) is 0 Å². The number of carbonyl (C=O) groups excluding carboxylic acids is 7. The van der Waals surface area contributed by atoms with E-state index in [9.17, 15) is 33.6 Å². The number of ether oxygens (including phenoxy) is 13. The number of rotatable bonds is 30. The molecule has 1 aliphatic rings. The number of halogens is 2. The Balaban J connectivity index is 0.000000287. The molecule has 1 heterocycles. The predicted molar refractivity (Wildman–Crippen MR) is 356 cm³/mol. The highest BCUT2D eigenvalue weighted by Gasteiger charge is 2.33. The first kappa shape index (κ1) is 75.5. The molecule has 98 heavy (non-hydrogen) atoms. The van der Waals surface area contributed by atoms with Crippen molar-refractivity contribution in [1.82, 2.24) is 0 Å². The summed E-state index contributed by atoms with van der Waals surface area (Å²) in [7, 11) is 14.7. The van der Waals surface area contributed by atoms with Crippen molar-refractivity contribution in [2.45, 2.75) is 12.8 Å². The number of phenols is 1. The topological polar surface area (TPSA) is 273 Å². The molecule has 0 fully saturated rings. The van der Waals surface area contributed by atoms with Crippen LogP contribution in [0.5, 0.6) is 51.7 Å². The van der Waals surface area contributed by atoms with Crippen LogP contribution in [0, 0.1) is 18.6 Å². The van der Waals surface area contributed by atoms with E-state index in [1.807, 2.05) is 31.1 Å². The standard InChI is InChI=1S/C39H40F2N2O10.C24H27NO10.C8H11NO/c1-23-15-33-25(17-27(23)40)39(26-18-28(41)30(42(2)3)19-34(26)53-33)24-11-12-29(43(20-36(44)47-4)21-37(45)48-5)35(16-24)51-14-13-50-31-9-7-8-10-32(31)52-22-38(46)49-6;1-30-22(27)13-25(14-23(28)31-2)18-9-8-17(15-26)12-21(18)34-11-10-33-19-6-4-5-7-20(19)35-16-24(29)32-3;1-9(2)7-4-3-5-8(10)6-7/h7-12,15-19,39H,13-14,20-22H2,1-6H3;4-9,12,15H,10-11,13-14,16H2,1-3H3;3-6,10H,1-2H3. The second kappa shape index (κ2) is 37.5. The average molecular weight is 1360 g/mol. The van der Waals surface area contributed by atoms with Crippen LogP contribution in [-0.4, -0.2) is 184 Å². The van der Waals surface area contributed by atoms with Crippen LogP contribution in [0.4, 0.5) is 31.5 Å². The van der Waals surface area contributed by atoms with E-state index in [-0.39, 0.29) is 77.3 Å². The molecule has 1 N–H and O–H groups in total. The lowest BCUT2D eigenvalue weighted by atomic mass is 9.81. The van der Waals surface area contributed by atoms with Crippen LogP contribution in [0.2, 0.25) is 0 Å². The number of esters is 6. The van der Waals surface area contributed by atoms with Crippen molar-refractivity contribution >= 4 is 64.9 Å². The quantitative estimate of drug-likeness (QED) is 0.0190. The third-order valence-corrected chi connectivity index (χ3v) is 14.4. The molecule has 0 aromatic heterocycles. The minimum absolute atomic E-state index is 0.00220. The van der Waals surface area contributed by atoms with Gasteiger partial charge in [-0.05, 0) is 103 Å². The summed E-state index contributed by atoms with van der Waals surface area (Å²) in [4.78, 5) is 89.4. The van der Waals surface area contributed by atoms with Crippen LogP contribution in [0.15, 0.2) is 133 Å². The first-order valence-electron chi connectivity index (χ1n) is 30.1. The van der Waals surface area contributed by atoms with E-state index in [0.29, 0.717) is 91.4 Å². The minimum atomic E-state index is -0.712. The molecular formula is C71H78F2N4O21. The molecule has 0 bridgehead atoms. The fraction of sp³-hybridized carbons (Fsp3) is 0.310. The van der Waals surface area contributed by atoms with Gasteiger partial charge < -0.3 is 86.3 Å². The molecule has 522 valence electrons. The lowest BCUT2D eigenvalue weighted by molar-refractivity contribution is -0.143. The summed E-state index contributed by atoms with van der Waals surface area (Å²) in [5.74, 6) is -2.19. The van der Waals surface area contributed by atoms with Gasteiger partial charge in [-0.1, -0.05) is 36.4 Å². The fourth-order valence-electron chi connectivity index (χ4n) is 9.39. The normalized spacial score (nSPS) is 11.4. The van der Waals surface area contributed by atoms with Gasteiger partial charge in [0.05, 0.1) is 59.7 Å². The zero-order valence-electron chi connectivity index (χ0n) is 56.1. The van der Waals surface area contributed by atoms with Gasteiger partial charge in [0.25, 0.3) is 0 Å². The van der Waals surface area contributed by atoms with Gasteiger partial charge in [0, 0.05) is 68.6 Å². The fourth-order valence-corrected chi connectivity index (χ4v) is 9.39. The molecule has 1 aliphatic heterocycles. The molecular weight excluding hydrogens is 1280 g/mol. The maximum Gasteiger partial charge on any atom is 0.343 e. The van der Waals surface area contributed by atoms with Crippen LogP contribution in [0.1, 0.15) is 38.5 Å². The lowest BCUT2D eigenvalue weighted by Crippen LogP contribution is -2.36. The molecule has 7 aromatic carbocycles. The number of hydrogen-bond donors (Lipinski definition) is 1. The first-order valence-corrected chi connectivity index (χ1v) is 30.1. The highest BCUT2D eigenvalue weighted by Crippen LogP contribution is 2.51. The van der Waals surface area contributed by atoms with Crippen LogP contribution in [-0.2, 0) is 57.2 Å². The number of phenolic OH excluding ortho intramolecular Hbond substituents is 1. The van der Waals surface area contributed by atoms with Gasteiger partial charge >= 0.3 is 35.8 Å². The number of methoxy groups -OCH3 is 6. The Labute approximate surface area is 565 Å². The SMILES string of the molecule is CN(C)c1cccc(O)c1.COC(=O)COc1ccccc1OCCOc1cc(C2c3cc(F)c(C)cc3Oc3cc(N(C)C)c(F)cc32)ccc1N(CC(=O)OC)CC(=O)OC.COC(=O)COc1ccccc1OCCOc1cc(C=O)ccc1N(CC(=O)OC)CC(=O)OC. The lowest BCUT2D eigenvalue weighted by Gasteiger charge is -2.31. The molecule has 0 radical (unpaired) electrons. The Hall–Kier alpha value is -11.5. The summed E-state index contributed by atoms with van der Waals surface area (Å²) in [6, 6.07) is 36.3. The number of nitrogens with zero attached hydrogens (tertiary/aromatic N) is 4. The van der Waals surface area contributed by atoms with Crippen LogP contribution in [0.25, 0.3) is 0 Å². The smallest absolute Gasteiger partial charge is 0.343 e. The summed E-state index contributed by atoms with van der Waals surface area (Å²) in [5.41, 5.74) is 4.24. The summed E-state index contributed by atoms with van der Waals surface area (Å²) in [6.45, 7) is -0.0142. The minimum Gasteiger partial charge on any atom is -0.508 e. The van der Waals surface area contributed by atoms with Gasteiger partial charge in [-0.25, -0.2) is 18.4 Å². The number of benzene rings is 7. The third kappa shape index (κ3) is 21.8. The van der Waals surface area contributed by atoms with E-state index in [4.69, 9.17) is 57.2 Å². The van der Waals surface area contributed by atoms with E-state index in [1.54, 1.807) is 123 Å². The van der Waals surface area contributed by atoms with Crippen molar-refractivity contribution in [3.8, 4) is 51.7 Å². The van der Waals surface area contributed by atoms with E-state index < -0.39 is 53.4 Å². The number of hydrogen-bond acceptors (Lipinski definition) is 25. The second-order valence-electron chi connectivity index (χ2n) is 21.4. The second-order valence-corrected chi connectivity index (χ2v) is 21.4. The maximum absolute atomic E-state index is 15.5. The molecule has 0 amide bonds. The van der Waals surface area contributed by atoms with Crippen LogP contribution < -0.4 is 52.8 Å². The number of aryl methyl sites for hydroxylation is 1. The monoisotopic (exact) mass is 1360 g/mol. The van der Waals surface area contributed by atoms with Crippen molar-refractivity contribution in [3.63, 3.8) is 0 Å². The summed E-state index contributed by atoms with van der Waals surface area (Å²) in [6.07, 6.45) is 0.646.